The van der Waals surface area contributed by atoms with Crippen LogP contribution in [0.25, 0.3) is 0 Å². The normalized spacial score (nSPS) is 17.8. The maximum atomic E-state index is 11.8. The standard InChI is InChI=1S/C13H22N4O2/c1-3-10(2)17-11(4-7-15-17)16-12(19)14-8-13(9-18)5-6-13/h4,7,10,18H,3,5-6,8-9H2,1-2H3,(H2,14,16,19). The van der Waals surface area contributed by atoms with E-state index >= 15 is 0 Å². The lowest BCUT2D eigenvalue weighted by atomic mass is 10.1. The van der Waals surface area contributed by atoms with E-state index in [0.717, 1.165) is 19.3 Å². The summed E-state index contributed by atoms with van der Waals surface area (Å²) in [6.45, 7) is 4.79. The Labute approximate surface area is 113 Å². The first-order valence-electron chi connectivity index (χ1n) is 6.79. The van der Waals surface area contributed by atoms with Gasteiger partial charge in [0, 0.05) is 18.0 Å². The number of rotatable bonds is 6. The summed E-state index contributed by atoms with van der Waals surface area (Å²) in [5, 5.41) is 19.0. The van der Waals surface area contributed by atoms with Crippen LogP contribution >= 0.6 is 0 Å². The number of nitrogens with one attached hydrogen (secondary N) is 2. The van der Waals surface area contributed by atoms with Crippen molar-refractivity contribution < 1.29 is 9.90 Å². The van der Waals surface area contributed by atoms with E-state index in [1.165, 1.54) is 0 Å². The quantitative estimate of drug-likeness (QED) is 0.734. The van der Waals surface area contributed by atoms with E-state index in [2.05, 4.69) is 29.6 Å². The fourth-order valence-corrected chi connectivity index (χ4v) is 1.93. The second-order valence-corrected chi connectivity index (χ2v) is 5.38. The van der Waals surface area contributed by atoms with Crippen LogP contribution in [0.4, 0.5) is 10.6 Å². The van der Waals surface area contributed by atoms with Crippen LogP contribution in [0, 0.1) is 5.41 Å². The molecule has 19 heavy (non-hydrogen) atoms. The molecule has 0 aliphatic heterocycles. The van der Waals surface area contributed by atoms with E-state index in [9.17, 15) is 9.90 Å². The summed E-state index contributed by atoms with van der Waals surface area (Å²) in [5.41, 5.74) is -0.0751. The molecule has 1 fully saturated rings. The number of carbonyl (C=O) groups excluding carboxylic acids is 1. The Morgan fingerprint density at radius 1 is 1.63 bits per heavy atom. The minimum atomic E-state index is -0.246. The first-order chi connectivity index (χ1) is 9.10. The van der Waals surface area contributed by atoms with E-state index < -0.39 is 0 Å². The van der Waals surface area contributed by atoms with E-state index in [1.54, 1.807) is 16.9 Å². The molecule has 1 unspecified atom stereocenters. The number of amides is 2. The van der Waals surface area contributed by atoms with Crippen molar-refractivity contribution >= 4 is 11.8 Å². The largest absolute Gasteiger partial charge is 0.396 e. The van der Waals surface area contributed by atoms with Gasteiger partial charge in [0.1, 0.15) is 5.82 Å². The maximum absolute atomic E-state index is 11.8. The van der Waals surface area contributed by atoms with E-state index in [1.807, 2.05) is 0 Å². The molecule has 0 aromatic carbocycles. The zero-order valence-electron chi connectivity index (χ0n) is 11.5. The zero-order chi connectivity index (χ0) is 13.9. The average molecular weight is 266 g/mol. The van der Waals surface area contributed by atoms with Crippen LogP contribution in [-0.2, 0) is 0 Å². The van der Waals surface area contributed by atoms with E-state index in [-0.39, 0.29) is 24.1 Å². The second kappa shape index (κ2) is 5.61. The molecule has 6 nitrogen and oxygen atoms in total. The molecular weight excluding hydrogens is 244 g/mol. The van der Waals surface area contributed by atoms with Crippen LogP contribution in [-0.4, -0.2) is 34.1 Å². The highest BCUT2D eigenvalue weighted by atomic mass is 16.3. The predicted molar refractivity (Wildman–Crippen MR) is 73.0 cm³/mol. The van der Waals surface area contributed by atoms with Crippen molar-refractivity contribution in [2.75, 3.05) is 18.5 Å². The summed E-state index contributed by atoms with van der Waals surface area (Å²) in [5.74, 6) is 0.695. The Bertz CT molecular complexity index is 440. The third kappa shape index (κ3) is 3.26. The van der Waals surface area contributed by atoms with Crippen LogP contribution in [0.2, 0.25) is 0 Å². The molecule has 0 bridgehead atoms. The lowest BCUT2D eigenvalue weighted by Gasteiger charge is -2.16. The van der Waals surface area contributed by atoms with Gasteiger partial charge in [-0.2, -0.15) is 5.10 Å². The summed E-state index contributed by atoms with van der Waals surface area (Å²) in [6.07, 6.45) is 4.59. The molecule has 0 saturated heterocycles. The molecule has 0 radical (unpaired) electrons. The van der Waals surface area contributed by atoms with Gasteiger partial charge in [-0.05, 0) is 26.2 Å². The van der Waals surface area contributed by atoms with Gasteiger partial charge in [-0.15, -0.1) is 0 Å². The SMILES string of the molecule is CCC(C)n1nccc1NC(=O)NCC1(CO)CC1. The molecule has 1 aliphatic rings. The minimum absolute atomic E-state index is 0.0751. The Morgan fingerprint density at radius 3 is 2.95 bits per heavy atom. The minimum Gasteiger partial charge on any atom is -0.396 e. The van der Waals surface area contributed by atoms with Crippen LogP contribution < -0.4 is 10.6 Å². The molecule has 1 atom stereocenters. The van der Waals surface area contributed by atoms with Crippen LogP contribution in [0.5, 0.6) is 0 Å². The number of nitrogens with zero attached hydrogens (tertiary/aromatic N) is 2. The highest BCUT2D eigenvalue weighted by Crippen LogP contribution is 2.44. The van der Waals surface area contributed by atoms with Gasteiger partial charge >= 0.3 is 6.03 Å². The number of aromatic nitrogens is 2. The third-order valence-corrected chi connectivity index (χ3v) is 3.84. The van der Waals surface area contributed by atoms with Crippen LogP contribution in [0.15, 0.2) is 12.3 Å². The number of hydrogen-bond acceptors (Lipinski definition) is 3. The molecule has 1 heterocycles. The average Bonchev–Trinajstić information content (AvgIpc) is 3.07. The summed E-state index contributed by atoms with van der Waals surface area (Å²) in [7, 11) is 0. The van der Waals surface area contributed by atoms with Gasteiger partial charge in [0.05, 0.1) is 18.8 Å². The fraction of sp³-hybridized carbons (Fsp3) is 0.692. The molecule has 2 amide bonds. The Balaban J connectivity index is 1.87. The van der Waals surface area contributed by atoms with Gasteiger partial charge in [-0.3, -0.25) is 5.32 Å². The lowest BCUT2D eigenvalue weighted by molar-refractivity contribution is 0.206. The molecule has 1 aliphatic carbocycles. The number of anilines is 1. The van der Waals surface area contributed by atoms with Gasteiger partial charge in [0.15, 0.2) is 0 Å². The zero-order valence-corrected chi connectivity index (χ0v) is 11.5. The van der Waals surface area contributed by atoms with Gasteiger partial charge in [-0.1, -0.05) is 6.92 Å². The first-order valence-corrected chi connectivity index (χ1v) is 6.79. The fourth-order valence-electron chi connectivity index (χ4n) is 1.93. The Hall–Kier alpha value is -1.56. The highest BCUT2D eigenvalue weighted by Gasteiger charge is 2.42. The van der Waals surface area contributed by atoms with Gasteiger partial charge in [-0.25, -0.2) is 9.48 Å². The van der Waals surface area contributed by atoms with E-state index in [4.69, 9.17) is 0 Å². The third-order valence-electron chi connectivity index (χ3n) is 3.84. The number of aliphatic hydroxyl groups is 1. The molecule has 1 aromatic heterocycles. The predicted octanol–water partition coefficient (Wildman–Crippen LogP) is 1.75. The number of hydrogen-bond donors (Lipinski definition) is 3. The molecule has 2 rings (SSSR count). The van der Waals surface area contributed by atoms with Crippen molar-refractivity contribution in [1.29, 1.82) is 0 Å². The van der Waals surface area contributed by atoms with E-state index in [0.29, 0.717) is 12.4 Å². The number of carbonyl (C=O) groups is 1. The molecule has 6 heteroatoms. The van der Waals surface area contributed by atoms with Crippen molar-refractivity contribution in [3.05, 3.63) is 12.3 Å². The lowest BCUT2D eigenvalue weighted by Crippen LogP contribution is -2.35. The van der Waals surface area contributed by atoms with Crippen molar-refractivity contribution in [1.82, 2.24) is 15.1 Å². The highest BCUT2D eigenvalue weighted by molar-refractivity contribution is 5.88. The van der Waals surface area contributed by atoms with Crippen molar-refractivity contribution in [3.8, 4) is 0 Å². The molecule has 106 valence electrons. The summed E-state index contributed by atoms with van der Waals surface area (Å²) >= 11 is 0. The van der Waals surface area contributed by atoms with Gasteiger partial charge in [0.25, 0.3) is 0 Å². The van der Waals surface area contributed by atoms with Crippen LogP contribution in [0.3, 0.4) is 0 Å². The van der Waals surface area contributed by atoms with Crippen molar-refractivity contribution in [2.45, 2.75) is 39.2 Å². The van der Waals surface area contributed by atoms with Crippen molar-refractivity contribution in [2.24, 2.45) is 5.41 Å². The van der Waals surface area contributed by atoms with Crippen molar-refractivity contribution in [3.63, 3.8) is 0 Å². The number of urea groups is 1. The molecule has 1 saturated carbocycles. The van der Waals surface area contributed by atoms with Gasteiger partial charge in [0.2, 0.25) is 0 Å². The summed E-state index contributed by atoms with van der Waals surface area (Å²) in [6, 6.07) is 1.78. The Kier molecular flexibility index (Phi) is 4.09. The molecular formula is C13H22N4O2. The molecule has 0 spiro atoms. The topological polar surface area (TPSA) is 79.2 Å². The summed E-state index contributed by atoms with van der Waals surface area (Å²) < 4.78 is 1.80. The van der Waals surface area contributed by atoms with Crippen LogP contribution in [0.1, 0.15) is 39.2 Å². The monoisotopic (exact) mass is 266 g/mol. The Morgan fingerprint density at radius 2 is 2.37 bits per heavy atom. The number of aliphatic hydroxyl groups excluding tert-OH is 1. The smallest absolute Gasteiger partial charge is 0.320 e. The summed E-state index contributed by atoms with van der Waals surface area (Å²) in [4.78, 5) is 11.8. The second-order valence-electron chi connectivity index (χ2n) is 5.38. The van der Waals surface area contributed by atoms with Gasteiger partial charge < -0.3 is 10.4 Å². The molecule has 1 aromatic rings. The molecule has 3 N–H and O–H groups in total. The maximum Gasteiger partial charge on any atom is 0.320 e. The first kappa shape index (κ1) is 13.9.